The van der Waals surface area contributed by atoms with Gasteiger partial charge in [-0.15, -0.1) is 0 Å². The fourth-order valence-corrected chi connectivity index (χ4v) is 3.37. The lowest BCUT2D eigenvalue weighted by atomic mass is 10.0. The summed E-state index contributed by atoms with van der Waals surface area (Å²) in [4.78, 5) is 27.3. The Morgan fingerprint density at radius 3 is 2.09 bits per heavy atom. The predicted octanol–water partition coefficient (Wildman–Crippen LogP) is 3.25. The maximum absolute atomic E-state index is 14.4. The number of benzene rings is 2. The lowest BCUT2D eigenvalue weighted by molar-refractivity contribution is -0.133. The highest BCUT2D eigenvalue weighted by Gasteiger charge is 2.33. The molecule has 2 aromatic rings. The first kappa shape index (κ1) is 25.4. The van der Waals surface area contributed by atoms with E-state index >= 15 is 0 Å². The molecule has 0 heterocycles. The standard InChI is InChI=1S/C21H24F4N3O3P/c1-3-28(10-9-27(2)12-7-5-4-6-8-12)14(29)11-13(31-21(26)30)15-16(22)18(24)20(32)19(25)17(15)23/h4-8,13H,3,9-11,32H2,1-2H3,(H2,26,30). The molecule has 0 aliphatic carbocycles. The summed E-state index contributed by atoms with van der Waals surface area (Å²) in [6.07, 6.45) is -4.16. The van der Waals surface area contributed by atoms with Crippen LogP contribution < -0.4 is 15.9 Å². The molecule has 0 radical (unpaired) electrons. The van der Waals surface area contributed by atoms with Crippen LogP contribution in [0.25, 0.3) is 0 Å². The molecule has 2 N–H and O–H groups in total. The molecule has 6 nitrogen and oxygen atoms in total. The molecule has 174 valence electrons. The molecular formula is C21H24F4N3O3P. The van der Waals surface area contributed by atoms with Gasteiger partial charge in [-0.1, -0.05) is 27.4 Å². The number of nitrogens with zero attached hydrogens (tertiary/aromatic N) is 2. The molecule has 0 aromatic heterocycles. The van der Waals surface area contributed by atoms with Crippen molar-refractivity contribution in [3.05, 3.63) is 59.2 Å². The predicted molar refractivity (Wildman–Crippen MR) is 116 cm³/mol. The summed E-state index contributed by atoms with van der Waals surface area (Å²) >= 11 is 0. The zero-order chi connectivity index (χ0) is 24.0. The highest BCUT2D eigenvalue weighted by atomic mass is 31.0. The smallest absolute Gasteiger partial charge is 0.405 e. The van der Waals surface area contributed by atoms with Crippen LogP contribution in [0, 0.1) is 23.3 Å². The van der Waals surface area contributed by atoms with Gasteiger partial charge in [0.15, 0.2) is 23.3 Å². The van der Waals surface area contributed by atoms with Crippen molar-refractivity contribution in [3.8, 4) is 0 Å². The zero-order valence-corrected chi connectivity index (χ0v) is 18.7. The minimum Gasteiger partial charge on any atom is -0.441 e. The summed E-state index contributed by atoms with van der Waals surface area (Å²) in [6, 6.07) is 9.37. The van der Waals surface area contributed by atoms with Crippen LogP contribution in [0.15, 0.2) is 30.3 Å². The Hall–Kier alpha value is -2.87. The molecule has 0 aliphatic heterocycles. The number of anilines is 1. The number of likely N-dealkylation sites (N-methyl/N-ethyl adjacent to an activating group) is 2. The van der Waals surface area contributed by atoms with E-state index in [-0.39, 0.29) is 13.1 Å². The molecule has 0 aliphatic rings. The van der Waals surface area contributed by atoms with Gasteiger partial charge in [0, 0.05) is 37.7 Å². The quantitative estimate of drug-likeness (QED) is 0.345. The lowest BCUT2D eigenvalue weighted by Gasteiger charge is -2.27. The van der Waals surface area contributed by atoms with Crippen LogP contribution in [0.1, 0.15) is 25.0 Å². The number of rotatable bonds is 9. The summed E-state index contributed by atoms with van der Waals surface area (Å²) in [5.74, 6) is -7.52. The molecule has 0 fully saturated rings. The van der Waals surface area contributed by atoms with Gasteiger partial charge in [-0.05, 0) is 19.1 Å². The third-order valence-corrected chi connectivity index (χ3v) is 5.42. The molecule has 0 bridgehead atoms. The molecule has 2 amide bonds. The third-order valence-electron chi connectivity index (χ3n) is 4.91. The molecule has 32 heavy (non-hydrogen) atoms. The first-order chi connectivity index (χ1) is 15.1. The minimum atomic E-state index is -1.95. The number of para-hydroxylation sites is 1. The van der Waals surface area contributed by atoms with Gasteiger partial charge >= 0.3 is 6.09 Å². The van der Waals surface area contributed by atoms with Gasteiger partial charge in [0.25, 0.3) is 0 Å². The molecule has 2 unspecified atom stereocenters. The Labute approximate surface area is 185 Å². The van der Waals surface area contributed by atoms with Gasteiger partial charge in [-0.3, -0.25) is 4.79 Å². The topological polar surface area (TPSA) is 75.9 Å². The first-order valence-electron chi connectivity index (χ1n) is 9.69. The summed E-state index contributed by atoms with van der Waals surface area (Å²) in [6.45, 7) is 2.60. The van der Waals surface area contributed by atoms with Crippen LogP contribution in [-0.4, -0.2) is 43.6 Å². The number of carbonyl (C=O) groups is 2. The summed E-state index contributed by atoms with van der Waals surface area (Å²) in [5, 5.41) is -0.952. The van der Waals surface area contributed by atoms with Crippen LogP contribution in [0.5, 0.6) is 0 Å². The van der Waals surface area contributed by atoms with E-state index in [2.05, 4.69) is 4.74 Å². The second kappa shape index (κ2) is 11.1. The number of carbonyl (C=O) groups excluding carboxylic acids is 2. The number of ether oxygens (including phenoxy) is 1. The van der Waals surface area contributed by atoms with Gasteiger partial charge in [-0.25, -0.2) is 22.4 Å². The summed E-state index contributed by atoms with van der Waals surface area (Å²) in [7, 11) is 3.38. The highest BCUT2D eigenvalue weighted by molar-refractivity contribution is 7.27. The van der Waals surface area contributed by atoms with E-state index in [0.29, 0.717) is 6.54 Å². The Morgan fingerprint density at radius 1 is 1.03 bits per heavy atom. The number of amides is 2. The van der Waals surface area contributed by atoms with Crippen molar-refractivity contribution in [3.63, 3.8) is 0 Å². The van der Waals surface area contributed by atoms with E-state index in [4.69, 9.17) is 5.73 Å². The molecule has 0 spiro atoms. The van der Waals surface area contributed by atoms with Gasteiger partial charge in [0.1, 0.15) is 6.10 Å². The number of hydrogen-bond acceptors (Lipinski definition) is 4. The Kier molecular flexibility index (Phi) is 8.83. The molecular weight excluding hydrogens is 449 g/mol. The van der Waals surface area contributed by atoms with Crippen LogP contribution in [0.2, 0.25) is 0 Å². The molecule has 0 saturated heterocycles. The maximum atomic E-state index is 14.4. The number of nitrogens with two attached hydrogens (primary N) is 1. The van der Waals surface area contributed by atoms with E-state index in [1.807, 2.05) is 42.3 Å². The molecule has 2 rings (SSSR count). The van der Waals surface area contributed by atoms with Crippen molar-refractivity contribution < 1.29 is 31.9 Å². The van der Waals surface area contributed by atoms with Gasteiger partial charge < -0.3 is 20.3 Å². The van der Waals surface area contributed by atoms with Crippen LogP contribution in [-0.2, 0) is 9.53 Å². The average Bonchev–Trinajstić information content (AvgIpc) is 2.76. The third kappa shape index (κ3) is 5.88. The zero-order valence-electron chi connectivity index (χ0n) is 17.6. The molecule has 2 atom stereocenters. The number of halogens is 4. The largest absolute Gasteiger partial charge is 0.441 e. The van der Waals surface area contributed by atoms with E-state index in [9.17, 15) is 27.2 Å². The van der Waals surface area contributed by atoms with Crippen LogP contribution >= 0.6 is 9.24 Å². The maximum Gasteiger partial charge on any atom is 0.405 e. The van der Waals surface area contributed by atoms with E-state index in [1.54, 1.807) is 16.2 Å². The van der Waals surface area contributed by atoms with Gasteiger partial charge in [0.05, 0.1) is 12.0 Å². The van der Waals surface area contributed by atoms with Crippen molar-refractivity contribution in [2.24, 2.45) is 5.73 Å². The molecule has 0 saturated carbocycles. The minimum absolute atomic E-state index is 0.238. The second-order valence-corrected chi connectivity index (χ2v) is 7.52. The number of hydrogen-bond donors (Lipinski definition) is 1. The van der Waals surface area contributed by atoms with E-state index in [0.717, 1.165) is 5.69 Å². The summed E-state index contributed by atoms with van der Waals surface area (Å²) < 4.78 is 61.5. The van der Waals surface area contributed by atoms with Gasteiger partial charge in [-0.2, -0.15) is 0 Å². The number of primary amides is 1. The van der Waals surface area contributed by atoms with Crippen molar-refractivity contribution >= 4 is 32.2 Å². The van der Waals surface area contributed by atoms with Crippen LogP contribution in [0.3, 0.4) is 0 Å². The van der Waals surface area contributed by atoms with Crippen molar-refractivity contribution in [2.45, 2.75) is 19.4 Å². The average molecular weight is 473 g/mol. The molecule has 2 aromatic carbocycles. The van der Waals surface area contributed by atoms with Crippen molar-refractivity contribution in [1.82, 2.24) is 4.90 Å². The Balaban J connectivity index is 2.23. The highest BCUT2D eigenvalue weighted by Crippen LogP contribution is 2.30. The van der Waals surface area contributed by atoms with E-state index in [1.165, 1.54) is 4.90 Å². The van der Waals surface area contributed by atoms with Crippen LogP contribution in [0.4, 0.5) is 28.0 Å². The fraction of sp³-hybridized carbons (Fsp3) is 0.333. The summed E-state index contributed by atoms with van der Waals surface area (Å²) in [5.41, 5.74) is 4.66. The normalized spacial score (nSPS) is 11.7. The monoisotopic (exact) mass is 473 g/mol. The Morgan fingerprint density at radius 2 is 1.59 bits per heavy atom. The van der Waals surface area contributed by atoms with Gasteiger partial charge in [0.2, 0.25) is 5.91 Å². The molecule has 11 heteroatoms. The van der Waals surface area contributed by atoms with E-state index < -0.39 is 58.7 Å². The van der Waals surface area contributed by atoms with Crippen molar-refractivity contribution in [2.75, 3.05) is 31.6 Å². The fourth-order valence-electron chi connectivity index (χ4n) is 3.12. The second-order valence-electron chi connectivity index (χ2n) is 6.94. The Bertz CT molecular complexity index is 950. The first-order valence-corrected chi connectivity index (χ1v) is 10.3. The lowest BCUT2D eigenvalue weighted by Crippen LogP contribution is -2.38. The van der Waals surface area contributed by atoms with Crippen molar-refractivity contribution in [1.29, 1.82) is 0 Å². The SMILES string of the molecule is CCN(CCN(C)c1ccccc1)C(=O)CC(OC(N)=O)c1c(F)c(F)c(P)c(F)c1F.